The summed E-state index contributed by atoms with van der Waals surface area (Å²) in [6.07, 6.45) is 3.96. The van der Waals surface area contributed by atoms with Crippen LogP contribution >= 0.6 is 11.3 Å². The Labute approximate surface area is 248 Å². The number of methoxy groups -OCH3 is 2. The minimum Gasteiger partial charge on any atom is -0.493 e. The van der Waals surface area contributed by atoms with Crippen molar-refractivity contribution in [1.29, 1.82) is 0 Å². The Morgan fingerprint density at radius 1 is 0.902 bits per heavy atom. The van der Waals surface area contributed by atoms with Gasteiger partial charge in [-0.25, -0.2) is 0 Å². The molecule has 0 atom stereocenters. The standard InChI is InChI=1S/C33H43N3O4S/c1-5-26-8-11-28(12-9-26)33(38)36(20-19-34-16-6-7-17-34)24-32(37)35(23-31-25(2)15-21-41-31)18-14-27-10-13-29(39-3)30(22-27)40-4/h8-13,15,21-22H,5-7,14,16-20,23-24H2,1-4H3. The number of amides is 2. The third-order valence-electron chi connectivity index (χ3n) is 7.88. The van der Waals surface area contributed by atoms with E-state index in [0.29, 0.717) is 43.1 Å². The molecule has 0 N–H and O–H groups in total. The molecule has 41 heavy (non-hydrogen) atoms. The second-order valence-corrected chi connectivity index (χ2v) is 11.6. The second-order valence-electron chi connectivity index (χ2n) is 10.6. The lowest BCUT2D eigenvalue weighted by molar-refractivity contribution is -0.132. The number of ether oxygens (including phenoxy) is 2. The number of thiophene rings is 1. The van der Waals surface area contributed by atoms with E-state index in [-0.39, 0.29) is 18.4 Å². The summed E-state index contributed by atoms with van der Waals surface area (Å²) in [7, 11) is 3.25. The molecule has 1 saturated heterocycles. The van der Waals surface area contributed by atoms with Crippen LogP contribution in [-0.2, 0) is 24.2 Å². The summed E-state index contributed by atoms with van der Waals surface area (Å²) in [4.78, 5) is 34.8. The monoisotopic (exact) mass is 577 g/mol. The third-order valence-corrected chi connectivity index (χ3v) is 8.89. The molecule has 8 heteroatoms. The minimum absolute atomic E-state index is 0.0433. The first kappa shape index (κ1) is 30.6. The zero-order valence-electron chi connectivity index (χ0n) is 24.9. The van der Waals surface area contributed by atoms with Crippen LogP contribution in [0.1, 0.15) is 51.7 Å². The van der Waals surface area contributed by atoms with E-state index in [1.165, 1.54) is 24.0 Å². The summed E-state index contributed by atoms with van der Waals surface area (Å²) in [5.41, 5.74) is 4.05. The van der Waals surface area contributed by atoms with Crippen molar-refractivity contribution in [3.8, 4) is 11.5 Å². The molecule has 0 spiro atoms. The molecule has 4 rings (SSSR count). The Morgan fingerprint density at radius 3 is 2.24 bits per heavy atom. The van der Waals surface area contributed by atoms with Crippen LogP contribution in [0, 0.1) is 6.92 Å². The SMILES string of the molecule is CCc1ccc(C(=O)N(CCN2CCCC2)CC(=O)N(CCc2ccc(OC)c(OC)c2)Cc2sccc2C)cc1. The highest BCUT2D eigenvalue weighted by Gasteiger charge is 2.24. The van der Waals surface area contributed by atoms with Gasteiger partial charge in [-0.05, 0) is 98.1 Å². The quantitative estimate of drug-likeness (QED) is 0.255. The van der Waals surface area contributed by atoms with Gasteiger partial charge in [0.25, 0.3) is 5.91 Å². The first-order valence-electron chi connectivity index (χ1n) is 14.5. The normalized spacial score (nSPS) is 13.3. The average molecular weight is 578 g/mol. The number of hydrogen-bond donors (Lipinski definition) is 0. The number of carbonyl (C=O) groups is 2. The largest absolute Gasteiger partial charge is 0.493 e. The van der Waals surface area contributed by atoms with E-state index in [1.807, 2.05) is 47.4 Å². The first-order valence-corrected chi connectivity index (χ1v) is 15.4. The molecule has 1 fully saturated rings. The Kier molecular flexibility index (Phi) is 11.2. The first-order chi connectivity index (χ1) is 19.9. The lowest BCUT2D eigenvalue weighted by Gasteiger charge is -2.29. The van der Waals surface area contributed by atoms with Crippen molar-refractivity contribution < 1.29 is 19.1 Å². The maximum atomic E-state index is 13.9. The molecule has 0 unspecified atom stereocenters. The van der Waals surface area contributed by atoms with Crippen molar-refractivity contribution >= 4 is 23.2 Å². The number of benzene rings is 2. The van der Waals surface area contributed by atoms with Gasteiger partial charge in [-0.3, -0.25) is 9.59 Å². The molecular weight excluding hydrogens is 534 g/mol. The summed E-state index contributed by atoms with van der Waals surface area (Å²) >= 11 is 1.66. The molecule has 0 aliphatic carbocycles. The molecule has 3 aromatic rings. The van der Waals surface area contributed by atoms with Crippen molar-refractivity contribution in [2.24, 2.45) is 0 Å². The molecular formula is C33H43N3O4S. The summed E-state index contributed by atoms with van der Waals surface area (Å²) in [5.74, 6) is 1.22. The zero-order chi connectivity index (χ0) is 29.2. The average Bonchev–Trinajstić information content (AvgIpc) is 3.68. The number of aryl methyl sites for hydroxylation is 2. The van der Waals surface area contributed by atoms with Gasteiger partial charge in [0, 0.05) is 30.1 Å². The van der Waals surface area contributed by atoms with E-state index < -0.39 is 0 Å². The Bertz CT molecular complexity index is 1280. The van der Waals surface area contributed by atoms with E-state index in [4.69, 9.17) is 9.47 Å². The smallest absolute Gasteiger partial charge is 0.254 e. The molecule has 1 aliphatic rings. The van der Waals surface area contributed by atoms with Crippen LogP contribution in [0.3, 0.4) is 0 Å². The summed E-state index contributed by atoms with van der Waals surface area (Å²) in [5, 5.41) is 2.06. The van der Waals surface area contributed by atoms with E-state index in [0.717, 1.165) is 36.5 Å². The van der Waals surface area contributed by atoms with Crippen molar-refractivity contribution in [1.82, 2.24) is 14.7 Å². The second kappa shape index (κ2) is 15.0. The number of carbonyl (C=O) groups excluding carboxylic acids is 2. The molecule has 2 aromatic carbocycles. The molecule has 2 heterocycles. The molecule has 1 aromatic heterocycles. The highest BCUT2D eigenvalue weighted by atomic mass is 32.1. The summed E-state index contributed by atoms with van der Waals surface area (Å²) in [6.45, 7) is 8.70. The van der Waals surface area contributed by atoms with Crippen LogP contribution in [0.15, 0.2) is 53.9 Å². The van der Waals surface area contributed by atoms with Crippen LogP contribution in [0.5, 0.6) is 11.5 Å². The van der Waals surface area contributed by atoms with Gasteiger partial charge in [-0.15, -0.1) is 11.3 Å². The van der Waals surface area contributed by atoms with Gasteiger partial charge in [-0.1, -0.05) is 25.1 Å². The van der Waals surface area contributed by atoms with Gasteiger partial charge in [0.2, 0.25) is 5.91 Å². The zero-order valence-corrected chi connectivity index (χ0v) is 25.7. The molecule has 220 valence electrons. The molecule has 0 radical (unpaired) electrons. The Morgan fingerprint density at radius 2 is 1.61 bits per heavy atom. The van der Waals surface area contributed by atoms with E-state index >= 15 is 0 Å². The third kappa shape index (κ3) is 8.33. The minimum atomic E-state index is -0.0904. The van der Waals surface area contributed by atoms with Gasteiger partial charge in [-0.2, -0.15) is 0 Å². The van der Waals surface area contributed by atoms with Gasteiger partial charge >= 0.3 is 0 Å². The molecule has 0 saturated carbocycles. The maximum Gasteiger partial charge on any atom is 0.254 e. The van der Waals surface area contributed by atoms with Crippen LogP contribution in [0.2, 0.25) is 0 Å². The van der Waals surface area contributed by atoms with Crippen molar-refractivity contribution in [2.75, 3.05) is 53.5 Å². The van der Waals surface area contributed by atoms with E-state index in [1.54, 1.807) is 30.5 Å². The van der Waals surface area contributed by atoms with Gasteiger partial charge in [0.15, 0.2) is 11.5 Å². The number of likely N-dealkylation sites (tertiary alicyclic amines) is 1. The predicted molar refractivity (Wildman–Crippen MR) is 165 cm³/mol. The van der Waals surface area contributed by atoms with Gasteiger partial charge in [0.1, 0.15) is 6.54 Å². The van der Waals surface area contributed by atoms with Crippen molar-refractivity contribution in [3.63, 3.8) is 0 Å². The fourth-order valence-electron chi connectivity index (χ4n) is 5.18. The Hall–Kier alpha value is -3.36. The van der Waals surface area contributed by atoms with Crippen LogP contribution < -0.4 is 9.47 Å². The topological polar surface area (TPSA) is 62.3 Å². The maximum absolute atomic E-state index is 13.9. The fourth-order valence-corrected chi connectivity index (χ4v) is 6.10. The Balaban J connectivity index is 1.52. The lowest BCUT2D eigenvalue weighted by Crippen LogP contribution is -2.45. The van der Waals surface area contributed by atoms with Crippen molar-refractivity contribution in [2.45, 2.75) is 46.1 Å². The number of nitrogens with zero attached hydrogens (tertiary/aromatic N) is 3. The highest BCUT2D eigenvalue weighted by Crippen LogP contribution is 2.28. The number of hydrogen-bond acceptors (Lipinski definition) is 6. The molecule has 2 amide bonds. The van der Waals surface area contributed by atoms with Gasteiger partial charge in [0.05, 0.1) is 20.8 Å². The summed E-state index contributed by atoms with van der Waals surface area (Å²) < 4.78 is 10.9. The van der Waals surface area contributed by atoms with E-state index in [2.05, 4.69) is 30.2 Å². The fraction of sp³-hybridized carbons (Fsp3) is 0.455. The molecule has 7 nitrogen and oxygen atoms in total. The van der Waals surface area contributed by atoms with Crippen molar-refractivity contribution in [3.05, 3.63) is 81.0 Å². The molecule has 0 bridgehead atoms. The lowest BCUT2D eigenvalue weighted by atomic mass is 10.1. The number of rotatable bonds is 14. The van der Waals surface area contributed by atoms with Crippen LogP contribution in [0.4, 0.5) is 0 Å². The molecule has 1 aliphatic heterocycles. The van der Waals surface area contributed by atoms with Gasteiger partial charge < -0.3 is 24.2 Å². The van der Waals surface area contributed by atoms with Crippen LogP contribution in [0.25, 0.3) is 0 Å². The highest BCUT2D eigenvalue weighted by molar-refractivity contribution is 7.10. The summed E-state index contributed by atoms with van der Waals surface area (Å²) in [6, 6.07) is 15.7. The van der Waals surface area contributed by atoms with Crippen LogP contribution in [-0.4, -0.2) is 80.0 Å². The predicted octanol–water partition coefficient (Wildman–Crippen LogP) is 5.45. The van der Waals surface area contributed by atoms with E-state index in [9.17, 15) is 9.59 Å².